The monoisotopic (exact) mass is 225 g/mol. The van der Waals surface area contributed by atoms with Gasteiger partial charge in [0.15, 0.2) is 0 Å². The Labute approximate surface area is 101 Å². The average Bonchev–Trinajstić information content (AvgIpc) is 3.09. The molecule has 2 aromatic rings. The van der Waals surface area contributed by atoms with E-state index in [1.165, 1.54) is 16.5 Å². The molecule has 1 aliphatic carbocycles. The molecule has 0 spiro atoms. The predicted molar refractivity (Wildman–Crippen MR) is 69.2 cm³/mol. The lowest BCUT2D eigenvalue weighted by atomic mass is 9.96. The molecular weight excluding hydrogens is 210 g/mol. The molecule has 0 bridgehead atoms. The van der Waals surface area contributed by atoms with Crippen molar-refractivity contribution in [2.24, 2.45) is 7.05 Å². The van der Waals surface area contributed by atoms with Crippen LogP contribution in [0.5, 0.6) is 5.75 Å². The Morgan fingerprint density at radius 2 is 2.18 bits per heavy atom. The first-order chi connectivity index (χ1) is 8.20. The van der Waals surface area contributed by atoms with Gasteiger partial charge in [0.2, 0.25) is 0 Å². The van der Waals surface area contributed by atoms with E-state index in [4.69, 9.17) is 11.2 Å². The van der Waals surface area contributed by atoms with Gasteiger partial charge in [-0.2, -0.15) is 0 Å². The highest BCUT2D eigenvalue weighted by Gasteiger charge is 2.44. The van der Waals surface area contributed by atoms with E-state index in [1.807, 2.05) is 6.07 Å². The minimum atomic E-state index is -0.0219. The summed E-state index contributed by atoms with van der Waals surface area (Å²) in [6.07, 6.45) is 10.0. The van der Waals surface area contributed by atoms with Crippen LogP contribution in [0.3, 0.4) is 0 Å². The molecule has 2 nitrogen and oxygen atoms in total. The fourth-order valence-corrected chi connectivity index (χ4v) is 2.50. The number of hydrogen-bond acceptors (Lipinski definition) is 1. The van der Waals surface area contributed by atoms with E-state index in [0.717, 1.165) is 18.6 Å². The van der Waals surface area contributed by atoms with Crippen LogP contribution in [0.15, 0.2) is 24.4 Å². The van der Waals surface area contributed by atoms with Crippen molar-refractivity contribution < 1.29 is 4.74 Å². The maximum Gasteiger partial charge on any atom is 0.119 e. The Morgan fingerprint density at radius 3 is 2.76 bits per heavy atom. The zero-order valence-corrected chi connectivity index (χ0v) is 10.2. The highest BCUT2D eigenvalue weighted by molar-refractivity contribution is 5.87. The minimum Gasteiger partial charge on any atom is -0.497 e. The van der Waals surface area contributed by atoms with Gasteiger partial charge in [-0.25, -0.2) is 0 Å². The molecule has 1 heterocycles. The van der Waals surface area contributed by atoms with Gasteiger partial charge in [-0.3, -0.25) is 0 Å². The summed E-state index contributed by atoms with van der Waals surface area (Å²) in [4.78, 5) is 0. The van der Waals surface area contributed by atoms with Crippen molar-refractivity contribution in [3.63, 3.8) is 0 Å². The largest absolute Gasteiger partial charge is 0.497 e. The molecule has 86 valence electrons. The molecule has 17 heavy (non-hydrogen) atoms. The Kier molecular flexibility index (Phi) is 2.00. The lowest BCUT2D eigenvalue weighted by Crippen LogP contribution is -2.01. The highest BCUT2D eigenvalue weighted by Crippen LogP contribution is 2.50. The molecule has 3 rings (SSSR count). The summed E-state index contributed by atoms with van der Waals surface area (Å²) < 4.78 is 7.43. The Morgan fingerprint density at radius 1 is 1.41 bits per heavy atom. The van der Waals surface area contributed by atoms with E-state index in [0.29, 0.717) is 0 Å². The van der Waals surface area contributed by atoms with Crippen molar-refractivity contribution in [3.8, 4) is 18.1 Å². The number of nitrogens with zero attached hydrogens (tertiary/aromatic N) is 1. The number of aryl methyl sites for hydroxylation is 1. The standard InChI is InChI=1S/C15H15NO/c1-4-15(7-8-15)13-10-16(2)14-6-5-11(17-3)9-12(13)14/h1,5-6,9-10H,7-8H2,2-3H3. The summed E-state index contributed by atoms with van der Waals surface area (Å²) >= 11 is 0. The van der Waals surface area contributed by atoms with E-state index in [9.17, 15) is 0 Å². The topological polar surface area (TPSA) is 14.2 Å². The molecule has 0 radical (unpaired) electrons. The second-order valence-corrected chi connectivity index (χ2v) is 4.76. The van der Waals surface area contributed by atoms with Gasteiger partial charge in [-0.1, -0.05) is 5.92 Å². The maximum absolute atomic E-state index is 5.68. The Balaban J connectivity index is 2.29. The molecule has 1 saturated carbocycles. The van der Waals surface area contributed by atoms with Crippen molar-refractivity contribution in [2.75, 3.05) is 7.11 Å². The Hall–Kier alpha value is -1.88. The van der Waals surface area contributed by atoms with Crippen molar-refractivity contribution in [2.45, 2.75) is 18.3 Å². The van der Waals surface area contributed by atoms with Crippen molar-refractivity contribution in [1.29, 1.82) is 0 Å². The summed E-state index contributed by atoms with van der Waals surface area (Å²) in [5.74, 6) is 3.84. The molecule has 2 heteroatoms. The summed E-state index contributed by atoms with van der Waals surface area (Å²) in [5.41, 5.74) is 2.46. The maximum atomic E-state index is 5.68. The molecule has 1 aromatic carbocycles. The molecule has 1 aromatic heterocycles. The van der Waals surface area contributed by atoms with E-state index < -0.39 is 0 Å². The van der Waals surface area contributed by atoms with Crippen LogP contribution in [0, 0.1) is 12.3 Å². The molecule has 0 atom stereocenters. The molecule has 0 aliphatic heterocycles. The zero-order chi connectivity index (χ0) is 12.0. The number of hydrogen-bond donors (Lipinski definition) is 0. The fourth-order valence-electron chi connectivity index (χ4n) is 2.50. The fraction of sp³-hybridized carbons (Fsp3) is 0.333. The van der Waals surface area contributed by atoms with E-state index in [-0.39, 0.29) is 5.41 Å². The van der Waals surface area contributed by atoms with Crippen molar-refractivity contribution in [3.05, 3.63) is 30.0 Å². The van der Waals surface area contributed by atoms with Crippen LogP contribution in [-0.2, 0) is 12.5 Å². The Bertz CT molecular complexity index is 626. The number of aromatic nitrogens is 1. The minimum absolute atomic E-state index is 0.0219. The number of ether oxygens (including phenoxy) is 1. The van der Waals surface area contributed by atoms with Crippen LogP contribution in [0.25, 0.3) is 10.9 Å². The van der Waals surface area contributed by atoms with E-state index >= 15 is 0 Å². The average molecular weight is 225 g/mol. The number of terminal acetylenes is 1. The smallest absolute Gasteiger partial charge is 0.119 e. The SMILES string of the molecule is C#CC1(c2cn(C)c3ccc(OC)cc23)CC1. The van der Waals surface area contributed by atoms with Gasteiger partial charge in [-0.05, 0) is 36.6 Å². The van der Waals surface area contributed by atoms with Crippen molar-refractivity contribution in [1.82, 2.24) is 4.57 Å². The summed E-state index contributed by atoms with van der Waals surface area (Å²) in [6, 6.07) is 6.16. The first kappa shape index (κ1) is 10.3. The third-order valence-corrected chi connectivity index (χ3v) is 3.74. The lowest BCUT2D eigenvalue weighted by Gasteiger charge is -2.06. The van der Waals surface area contributed by atoms with Crippen LogP contribution < -0.4 is 4.74 Å². The van der Waals surface area contributed by atoms with Gasteiger partial charge in [0, 0.05) is 24.1 Å². The molecular formula is C15H15NO. The second-order valence-electron chi connectivity index (χ2n) is 4.76. The lowest BCUT2D eigenvalue weighted by molar-refractivity contribution is 0.415. The molecule has 1 fully saturated rings. The molecule has 0 amide bonds. The van der Waals surface area contributed by atoms with Crippen LogP contribution in [0.4, 0.5) is 0 Å². The first-order valence-electron chi connectivity index (χ1n) is 5.81. The predicted octanol–water partition coefficient (Wildman–Crippen LogP) is 2.85. The second kappa shape index (κ2) is 3.30. The van der Waals surface area contributed by atoms with Gasteiger partial charge in [0.25, 0.3) is 0 Å². The number of rotatable bonds is 2. The van der Waals surface area contributed by atoms with Gasteiger partial charge in [0.05, 0.1) is 12.5 Å². The van der Waals surface area contributed by atoms with E-state index in [1.54, 1.807) is 7.11 Å². The zero-order valence-electron chi connectivity index (χ0n) is 10.2. The summed E-state index contributed by atoms with van der Waals surface area (Å²) in [5, 5.41) is 1.22. The van der Waals surface area contributed by atoms with Crippen LogP contribution in [-0.4, -0.2) is 11.7 Å². The summed E-state index contributed by atoms with van der Waals surface area (Å²) in [7, 11) is 3.75. The first-order valence-corrected chi connectivity index (χ1v) is 5.81. The molecule has 0 N–H and O–H groups in total. The van der Waals surface area contributed by atoms with E-state index in [2.05, 4.69) is 35.9 Å². The molecule has 0 saturated heterocycles. The van der Waals surface area contributed by atoms with Crippen molar-refractivity contribution >= 4 is 10.9 Å². The number of fused-ring (bicyclic) bond motifs is 1. The van der Waals surface area contributed by atoms with Gasteiger partial charge < -0.3 is 9.30 Å². The molecule has 1 aliphatic rings. The summed E-state index contributed by atoms with van der Waals surface area (Å²) in [6.45, 7) is 0. The van der Waals surface area contributed by atoms with Gasteiger partial charge in [0.1, 0.15) is 5.75 Å². The quantitative estimate of drug-likeness (QED) is 0.717. The normalized spacial score (nSPS) is 16.8. The van der Waals surface area contributed by atoms with Crippen LogP contribution >= 0.6 is 0 Å². The highest BCUT2D eigenvalue weighted by atomic mass is 16.5. The number of methoxy groups -OCH3 is 1. The van der Waals surface area contributed by atoms with Crippen LogP contribution in [0.2, 0.25) is 0 Å². The third kappa shape index (κ3) is 1.36. The van der Waals surface area contributed by atoms with Gasteiger partial charge >= 0.3 is 0 Å². The third-order valence-electron chi connectivity index (χ3n) is 3.74. The number of benzene rings is 1. The molecule has 0 unspecified atom stereocenters. The van der Waals surface area contributed by atoms with Crippen LogP contribution in [0.1, 0.15) is 18.4 Å². The van der Waals surface area contributed by atoms with Gasteiger partial charge in [-0.15, -0.1) is 6.42 Å².